The van der Waals surface area contributed by atoms with Gasteiger partial charge in [-0.15, -0.1) is 0 Å². The highest BCUT2D eigenvalue weighted by Crippen LogP contribution is 2.51. The molecule has 1 amide bonds. The summed E-state index contributed by atoms with van der Waals surface area (Å²) in [7, 11) is 3.21. The quantitative estimate of drug-likeness (QED) is 0.636. The van der Waals surface area contributed by atoms with Crippen LogP contribution in [0.15, 0.2) is 54.6 Å². The molecule has 3 aromatic rings. The molecule has 1 aliphatic heterocycles. The highest BCUT2D eigenvalue weighted by molar-refractivity contribution is 6.01. The number of hydrogen-bond acceptors (Lipinski definition) is 6. The fourth-order valence-corrected chi connectivity index (χ4v) is 3.95. The van der Waals surface area contributed by atoms with Gasteiger partial charge in [0.2, 0.25) is 12.7 Å². The first-order valence-electron chi connectivity index (χ1n) is 10.0. The van der Waals surface area contributed by atoms with Crippen molar-refractivity contribution >= 4 is 11.7 Å². The van der Waals surface area contributed by atoms with E-state index in [4.69, 9.17) is 18.9 Å². The summed E-state index contributed by atoms with van der Waals surface area (Å²) in [4.78, 5) is 17.9. The number of fused-ring (bicyclic) bond motifs is 1. The van der Waals surface area contributed by atoms with Gasteiger partial charge in [0.05, 0.1) is 30.9 Å². The molecular weight excluding hydrogens is 396 g/mol. The minimum absolute atomic E-state index is 0. The number of ether oxygens (including phenoxy) is 4. The van der Waals surface area contributed by atoms with E-state index in [1.807, 2.05) is 48.5 Å². The zero-order chi connectivity index (χ0) is 21.4. The van der Waals surface area contributed by atoms with Crippen LogP contribution in [0.5, 0.6) is 23.0 Å². The minimum Gasteiger partial charge on any atom is -0.496 e. The largest absolute Gasteiger partial charge is 0.496 e. The Bertz CT molecular complexity index is 1140. The van der Waals surface area contributed by atoms with Crippen molar-refractivity contribution in [1.82, 2.24) is 4.98 Å². The van der Waals surface area contributed by atoms with Gasteiger partial charge < -0.3 is 24.3 Å². The second kappa shape index (κ2) is 7.50. The first kappa shape index (κ1) is 19.2. The van der Waals surface area contributed by atoms with E-state index in [9.17, 15) is 4.79 Å². The van der Waals surface area contributed by atoms with E-state index < -0.39 is 5.41 Å². The lowest BCUT2D eigenvalue weighted by Crippen LogP contribution is -2.28. The number of hydrogen-bond donors (Lipinski definition) is 1. The third-order valence-corrected chi connectivity index (χ3v) is 5.78. The van der Waals surface area contributed by atoms with Crippen LogP contribution in [0.1, 0.15) is 19.8 Å². The third-order valence-electron chi connectivity index (χ3n) is 5.78. The van der Waals surface area contributed by atoms with Gasteiger partial charge in [-0.25, -0.2) is 4.98 Å². The average Bonchev–Trinajstić information content (AvgIpc) is 3.49. The van der Waals surface area contributed by atoms with Crippen LogP contribution in [0, 0.1) is 0 Å². The van der Waals surface area contributed by atoms with Crippen LogP contribution in [0.2, 0.25) is 0 Å². The van der Waals surface area contributed by atoms with Crippen molar-refractivity contribution in [3.63, 3.8) is 0 Å². The maximum absolute atomic E-state index is 13.2. The highest BCUT2D eigenvalue weighted by atomic mass is 16.7. The molecule has 2 aromatic carbocycles. The number of carbonyl (C=O) groups excluding carboxylic acids is 1. The number of nitrogens with one attached hydrogen (secondary N) is 1. The zero-order valence-corrected chi connectivity index (χ0v) is 17.3. The molecule has 0 atom stereocenters. The summed E-state index contributed by atoms with van der Waals surface area (Å²) >= 11 is 0. The first-order valence-corrected chi connectivity index (χ1v) is 10.0. The summed E-state index contributed by atoms with van der Waals surface area (Å²) < 4.78 is 21.8. The first-order chi connectivity index (χ1) is 15.1. The third kappa shape index (κ3) is 3.32. The van der Waals surface area contributed by atoms with Crippen LogP contribution in [0.4, 0.5) is 5.82 Å². The average molecular weight is 420 g/mol. The van der Waals surface area contributed by atoms with Crippen LogP contribution < -0.4 is 24.3 Å². The Balaban J connectivity index is 0.00000245. The van der Waals surface area contributed by atoms with E-state index in [2.05, 4.69) is 10.3 Å². The number of nitrogens with zero attached hydrogens (tertiary/aromatic N) is 1. The lowest BCUT2D eigenvalue weighted by Gasteiger charge is -2.17. The van der Waals surface area contributed by atoms with Crippen LogP contribution in [0.3, 0.4) is 0 Å². The molecule has 5 rings (SSSR count). The SMILES string of the molecule is COc1cccc(OC)c1-c1cccc(NC(=O)C2(c3ccc4c(c3)OCO4)CC2)n1.[HH]. The lowest BCUT2D eigenvalue weighted by molar-refractivity contribution is -0.118. The number of aromatic nitrogens is 1. The van der Waals surface area contributed by atoms with Crippen molar-refractivity contribution in [1.29, 1.82) is 0 Å². The van der Waals surface area contributed by atoms with Crippen LogP contribution in [-0.4, -0.2) is 31.9 Å². The Labute approximate surface area is 181 Å². The fraction of sp³-hybridized carbons (Fsp3) is 0.250. The highest BCUT2D eigenvalue weighted by Gasteiger charge is 2.51. The molecule has 2 aliphatic rings. The van der Waals surface area contributed by atoms with Gasteiger partial charge in [-0.05, 0) is 54.8 Å². The number of amides is 1. The fourth-order valence-electron chi connectivity index (χ4n) is 3.95. The number of rotatable bonds is 6. The van der Waals surface area contributed by atoms with E-state index in [-0.39, 0.29) is 14.1 Å². The van der Waals surface area contributed by atoms with E-state index >= 15 is 0 Å². The number of anilines is 1. The zero-order valence-electron chi connectivity index (χ0n) is 17.3. The van der Waals surface area contributed by atoms with E-state index in [1.54, 1.807) is 20.3 Å². The molecule has 1 fully saturated rings. The van der Waals surface area contributed by atoms with Crippen molar-refractivity contribution < 1.29 is 25.2 Å². The minimum atomic E-state index is -0.569. The maximum atomic E-state index is 13.2. The molecule has 7 heteroatoms. The Hall–Kier alpha value is -3.74. The lowest BCUT2D eigenvalue weighted by atomic mass is 9.94. The van der Waals surface area contributed by atoms with Crippen LogP contribution in [0.25, 0.3) is 11.3 Å². The molecular formula is C24H24N2O5. The van der Waals surface area contributed by atoms with Crippen molar-refractivity contribution in [2.75, 3.05) is 26.3 Å². The summed E-state index contributed by atoms with van der Waals surface area (Å²) in [5.74, 6) is 3.08. The second-order valence-corrected chi connectivity index (χ2v) is 7.55. The topological polar surface area (TPSA) is 78.9 Å². The molecule has 0 bridgehead atoms. The van der Waals surface area contributed by atoms with Crippen molar-refractivity contribution in [3.8, 4) is 34.3 Å². The standard InChI is InChI=1S/C24H22N2O5.H2/c1-28-18-6-4-7-19(29-2)22(18)16-5-3-8-21(25-16)26-23(27)24(11-12-24)15-9-10-17-20(13-15)31-14-30-17;/h3-10,13H,11-12,14H2,1-2H3,(H,25,26,27);1H. The molecule has 0 saturated heterocycles. The van der Waals surface area contributed by atoms with Gasteiger partial charge in [0.1, 0.15) is 17.3 Å². The van der Waals surface area contributed by atoms with Gasteiger partial charge in [-0.2, -0.15) is 0 Å². The van der Waals surface area contributed by atoms with Gasteiger partial charge in [-0.3, -0.25) is 4.79 Å². The van der Waals surface area contributed by atoms with Gasteiger partial charge in [0.15, 0.2) is 11.5 Å². The number of methoxy groups -OCH3 is 2. The Morgan fingerprint density at radius 1 is 1.00 bits per heavy atom. The molecule has 1 N–H and O–H groups in total. The van der Waals surface area contributed by atoms with E-state index in [0.717, 1.165) is 24.0 Å². The predicted octanol–water partition coefficient (Wildman–Crippen LogP) is 4.41. The Kier molecular flexibility index (Phi) is 4.66. The summed E-state index contributed by atoms with van der Waals surface area (Å²) in [6, 6.07) is 16.7. The Morgan fingerprint density at radius 2 is 1.71 bits per heavy atom. The van der Waals surface area contributed by atoms with Crippen molar-refractivity contribution in [3.05, 3.63) is 60.2 Å². The predicted molar refractivity (Wildman–Crippen MR) is 117 cm³/mol. The van der Waals surface area contributed by atoms with Crippen molar-refractivity contribution in [2.24, 2.45) is 0 Å². The van der Waals surface area contributed by atoms with E-state index in [0.29, 0.717) is 34.5 Å². The molecule has 31 heavy (non-hydrogen) atoms. The van der Waals surface area contributed by atoms with Gasteiger partial charge in [0.25, 0.3) is 0 Å². The monoisotopic (exact) mass is 420 g/mol. The van der Waals surface area contributed by atoms with Crippen LogP contribution >= 0.6 is 0 Å². The number of carbonyl (C=O) groups is 1. The second-order valence-electron chi connectivity index (χ2n) is 7.55. The maximum Gasteiger partial charge on any atom is 0.236 e. The summed E-state index contributed by atoms with van der Waals surface area (Å²) in [5.41, 5.74) is 1.75. The molecule has 1 aliphatic carbocycles. The number of pyridine rings is 1. The molecule has 1 aromatic heterocycles. The number of benzene rings is 2. The summed E-state index contributed by atoms with van der Waals surface area (Å²) in [6.07, 6.45) is 1.55. The molecule has 0 unspecified atom stereocenters. The van der Waals surface area contributed by atoms with Gasteiger partial charge in [0, 0.05) is 1.43 Å². The molecule has 160 valence electrons. The van der Waals surface area contributed by atoms with Crippen molar-refractivity contribution in [2.45, 2.75) is 18.3 Å². The molecule has 2 heterocycles. The van der Waals surface area contributed by atoms with Gasteiger partial charge in [-0.1, -0.05) is 18.2 Å². The van der Waals surface area contributed by atoms with Crippen LogP contribution in [-0.2, 0) is 10.2 Å². The van der Waals surface area contributed by atoms with E-state index in [1.165, 1.54) is 0 Å². The summed E-state index contributed by atoms with van der Waals surface area (Å²) in [6.45, 7) is 0.209. The Morgan fingerprint density at radius 3 is 2.42 bits per heavy atom. The summed E-state index contributed by atoms with van der Waals surface area (Å²) in [5, 5.41) is 2.99. The molecule has 0 radical (unpaired) electrons. The molecule has 1 saturated carbocycles. The smallest absolute Gasteiger partial charge is 0.236 e. The molecule has 0 spiro atoms. The molecule has 7 nitrogen and oxygen atoms in total. The van der Waals surface area contributed by atoms with Gasteiger partial charge >= 0.3 is 0 Å². The normalized spacial score (nSPS) is 15.3.